The number of carbonyl (C=O) groups excluding carboxylic acids is 2. The lowest BCUT2D eigenvalue weighted by Gasteiger charge is -2.07. The molecule has 0 aliphatic heterocycles. The molecule has 0 fully saturated rings. The molecule has 0 saturated carbocycles. The van der Waals surface area contributed by atoms with Gasteiger partial charge >= 0.3 is 11.1 Å². The number of nitrogens with one attached hydrogen (secondary N) is 1. The summed E-state index contributed by atoms with van der Waals surface area (Å²) in [4.78, 5) is 36.5. The zero-order valence-corrected chi connectivity index (χ0v) is 12.0. The fraction of sp³-hybridized carbons (Fsp3) is 0.0833. The molecule has 0 aliphatic rings. The number of amides is 2. The summed E-state index contributed by atoms with van der Waals surface area (Å²) in [6.07, 6.45) is 0.114. The first kappa shape index (κ1) is 15.4. The van der Waals surface area contributed by atoms with Gasteiger partial charge in [0.25, 0.3) is 5.91 Å². The summed E-state index contributed by atoms with van der Waals surface area (Å²) in [6.45, 7) is 1.65. The van der Waals surface area contributed by atoms with E-state index in [0.29, 0.717) is 11.1 Å². The van der Waals surface area contributed by atoms with Gasteiger partial charge in [-0.3, -0.25) is 20.2 Å². The van der Waals surface area contributed by atoms with Gasteiger partial charge in [-0.05, 0) is 42.0 Å². The number of carbonyl (C=O) groups is 2. The predicted molar refractivity (Wildman–Crippen MR) is 78.1 cm³/mol. The van der Waals surface area contributed by atoms with Crippen LogP contribution in [0.3, 0.4) is 0 Å². The molecule has 1 aromatic carbocycles. The van der Waals surface area contributed by atoms with Crippen molar-refractivity contribution < 1.29 is 19.2 Å². The van der Waals surface area contributed by atoms with Crippen LogP contribution in [-0.4, -0.2) is 21.9 Å². The molecule has 0 aliphatic carbocycles. The molecule has 10 heteroatoms. The second-order valence-electron chi connectivity index (χ2n) is 4.11. The molecule has 2 amide bonds. The van der Waals surface area contributed by atoms with Gasteiger partial charge in [-0.2, -0.15) is 0 Å². The number of primary amides is 1. The number of nitrogens with two attached hydrogens (primary N) is 1. The maximum absolute atomic E-state index is 12.1. The number of thiazole rings is 1. The van der Waals surface area contributed by atoms with E-state index < -0.39 is 16.9 Å². The standard InChI is InChI=1S/C12H10N4O5S/c1-6-4-7(21-11(13)18)2-3-8(6)10(17)15-12-14-5-9(22-12)16(19)20/h2-5H,1H3,(H2,13,18)(H,14,15,17). The largest absolute Gasteiger partial charge is 0.410 e. The van der Waals surface area contributed by atoms with Crippen molar-refractivity contribution in [3.05, 3.63) is 45.6 Å². The van der Waals surface area contributed by atoms with Gasteiger partial charge in [0, 0.05) is 5.56 Å². The van der Waals surface area contributed by atoms with Crippen LogP contribution in [-0.2, 0) is 0 Å². The van der Waals surface area contributed by atoms with Crippen LogP contribution in [0.25, 0.3) is 0 Å². The molecule has 22 heavy (non-hydrogen) atoms. The molecule has 2 aromatic rings. The first-order valence-electron chi connectivity index (χ1n) is 5.86. The maximum Gasteiger partial charge on any atom is 0.409 e. The third-order valence-electron chi connectivity index (χ3n) is 2.55. The Balaban J connectivity index is 2.15. The molecule has 0 saturated heterocycles. The van der Waals surface area contributed by atoms with E-state index in [4.69, 9.17) is 10.5 Å². The van der Waals surface area contributed by atoms with Crippen molar-refractivity contribution in [3.63, 3.8) is 0 Å². The van der Waals surface area contributed by atoms with Crippen LogP contribution < -0.4 is 15.8 Å². The maximum atomic E-state index is 12.1. The van der Waals surface area contributed by atoms with E-state index in [9.17, 15) is 19.7 Å². The minimum atomic E-state index is -0.952. The van der Waals surface area contributed by atoms with Crippen LogP contribution in [0, 0.1) is 17.0 Å². The lowest BCUT2D eigenvalue weighted by atomic mass is 10.1. The summed E-state index contributed by atoms with van der Waals surface area (Å²) in [5.41, 5.74) is 5.76. The summed E-state index contributed by atoms with van der Waals surface area (Å²) in [7, 11) is 0. The van der Waals surface area contributed by atoms with E-state index in [1.54, 1.807) is 6.92 Å². The molecular weight excluding hydrogens is 312 g/mol. The Bertz CT molecular complexity index is 758. The van der Waals surface area contributed by atoms with E-state index in [1.165, 1.54) is 18.2 Å². The fourth-order valence-corrected chi connectivity index (χ4v) is 2.27. The second kappa shape index (κ2) is 6.18. The molecule has 0 bridgehead atoms. The van der Waals surface area contributed by atoms with Crippen molar-refractivity contribution in [2.45, 2.75) is 6.92 Å². The van der Waals surface area contributed by atoms with Gasteiger partial charge in [0.15, 0.2) is 5.13 Å². The highest BCUT2D eigenvalue weighted by Crippen LogP contribution is 2.26. The minimum absolute atomic E-state index is 0.119. The fourth-order valence-electron chi connectivity index (χ4n) is 1.64. The first-order valence-corrected chi connectivity index (χ1v) is 6.68. The van der Waals surface area contributed by atoms with E-state index in [0.717, 1.165) is 17.5 Å². The average Bonchev–Trinajstić information content (AvgIpc) is 2.86. The summed E-state index contributed by atoms with van der Waals surface area (Å²) < 4.78 is 4.70. The first-order chi connectivity index (χ1) is 10.4. The van der Waals surface area contributed by atoms with Gasteiger partial charge in [-0.1, -0.05) is 0 Å². The van der Waals surface area contributed by atoms with Crippen molar-refractivity contribution in [3.8, 4) is 5.75 Å². The van der Waals surface area contributed by atoms with Gasteiger partial charge in [-0.25, -0.2) is 9.78 Å². The summed E-state index contributed by atoms with van der Waals surface area (Å²) >= 11 is 0.753. The van der Waals surface area contributed by atoms with Gasteiger partial charge in [0.05, 0.1) is 4.92 Å². The van der Waals surface area contributed by atoms with Gasteiger partial charge < -0.3 is 10.5 Å². The van der Waals surface area contributed by atoms with Crippen molar-refractivity contribution in [2.75, 3.05) is 5.32 Å². The van der Waals surface area contributed by atoms with Crippen molar-refractivity contribution in [1.82, 2.24) is 4.98 Å². The lowest BCUT2D eigenvalue weighted by molar-refractivity contribution is -0.380. The third kappa shape index (κ3) is 3.55. The minimum Gasteiger partial charge on any atom is -0.410 e. The number of nitrogens with zero attached hydrogens (tertiary/aromatic N) is 2. The van der Waals surface area contributed by atoms with Gasteiger partial charge in [-0.15, -0.1) is 0 Å². The number of hydrogen-bond donors (Lipinski definition) is 2. The molecule has 2 rings (SSSR count). The molecule has 0 radical (unpaired) electrons. The Labute approximate surface area is 127 Å². The van der Waals surface area contributed by atoms with Crippen molar-refractivity contribution in [2.24, 2.45) is 5.73 Å². The summed E-state index contributed by atoms with van der Waals surface area (Å²) in [6, 6.07) is 4.34. The van der Waals surface area contributed by atoms with Crippen LogP contribution in [0.5, 0.6) is 5.75 Å². The molecule has 1 aromatic heterocycles. The molecule has 9 nitrogen and oxygen atoms in total. The Kier molecular flexibility index (Phi) is 4.32. The number of benzene rings is 1. The van der Waals surface area contributed by atoms with Crippen molar-refractivity contribution in [1.29, 1.82) is 0 Å². The predicted octanol–water partition coefficient (Wildman–Crippen LogP) is 2.07. The van der Waals surface area contributed by atoms with Crippen LogP contribution in [0.15, 0.2) is 24.4 Å². The summed E-state index contributed by atoms with van der Waals surface area (Å²) in [5.74, 6) is -0.265. The van der Waals surface area contributed by atoms with E-state index in [-0.39, 0.29) is 15.9 Å². The molecule has 0 spiro atoms. The highest BCUT2D eigenvalue weighted by Gasteiger charge is 2.16. The van der Waals surface area contributed by atoms with Crippen LogP contribution in [0.1, 0.15) is 15.9 Å². The lowest BCUT2D eigenvalue weighted by Crippen LogP contribution is -2.17. The Hall–Kier alpha value is -3.01. The SMILES string of the molecule is Cc1cc(OC(N)=O)ccc1C(=O)Nc1ncc([N+](=O)[O-])s1. The van der Waals surface area contributed by atoms with Crippen molar-refractivity contribution >= 4 is 33.5 Å². The number of aromatic nitrogens is 1. The molecule has 0 unspecified atom stereocenters. The monoisotopic (exact) mass is 322 g/mol. The Morgan fingerprint density at radius 1 is 1.45 bits per heavy atom. The smallest absolute Gasteiger partial charge is 0.409 e. The van der Waals surface area contributed by atoms with E-state index in [1.807, 2.05) is 0 Å². The van der Waals surface area contributed by atoms with Crippen LogP contribution in [0.2, 0.25) is 0 Å². The molecule has 3 N–H and O–H groups in total. The number of hydrogen-bond acceptors (Lipinski definition) is 7. The van der Waals surface area contributed by atoms with Crippen LogP contribution in [0.4, 0.5) is 14.9 Å². The summed E-state index contributed by atoms with van der Waals surface area (Å²) in [5, 5.41) is 13.0. The number of nitro groups is 1. The molecule has 0 atom stereocenters. The zero-order valence-electron chi connectivity index (χ0n) is 11.2. The number of ether oxygens (including phenoxy) is 1. The topological polar surface area (TPSA) is 137 Å². The molecule has 114 valence electrons. The normalized spacial score (nSPS) is 10.0. The molecule has 1 heterocycles. The highest BCUT2D eigenvalue weighted by atomic mass is 32.1. The number of aryl methyl sites for hydroxylation is 1. The van der Waals surface area contributed by atoms with E-state index >= 15 is 0 Å². The highest BCUT2D eigenvalue weighted by molar-refractivity contribution is 7.18. The van der Waals surface area contributed by atoms with E-state index in [2.05, 4.69) is 10.3 Å². The quantitative estimate of drug-likeness (QED) is 0.652. The van der Waals surface area contributed by atoms with Gasteiger partial charge in [0.1, 0.15) is 11.9 Å². The van der Waals surface area contributed by atoms with Gasteiger partial charge in [0.2, 0.25) is 0 Å². The third-order valence-corrected chi connectivity index (χ3v) is 3.42. The second-order valence-corrected chi connectivity index (χ2v) is 5.12. The number of rotatable bonds is 4. The number of anilines is 1. The Morgan fingerprint density at radius 3 is 2.73 bits per heavy atom. The zero-order chi connectivity index (χ0) is 16.3. The van der Waals surface area contributed by atoms with Crippen LogP contribution >= 0.6 is 11.3 Å². The average molecular weight is 322 g/mol. The molecular formula is C12H10N4O5S. The Morgan fingerprint density at radius 2 is 2.18 bits per heavy atom.